The summed E-state index contributed by atoms with van der Waals surface area (Å²) in [7, 11) is 1.57. The number of hydrogen-bond acceptors (Lipinski definition) is 4. The van der Waals surface area contributed by atoms with Gasteiger partial charge in [-0.15, -0.1) is 11.3 Å². The largest absolute Gasteiger partial charge is 0.497 e. The zero-order valence-corrected chi connectivity index (χ0v) is 14.4. The molecule has 1 amide bonds. The number of hydrogen-bond donors (Lipinski definition) is 0. The molecule has 1 heterocycles. The van der Waals surface area contributed by atoms with E-state index in [1.165, 1.54) is 11.3 Å². The van der Waals surface area contributed by atoms with Crippen molar-refractivity contribution >= 4 is 23.0 Å². The lowest BCUT2D eigenvalue weighted by molar-refractivity contribution is 0.0963. The second-order valence-corrected chi connectivity index (χ2v) is 6.12. The summed E-state index contributed by atoms with van der Waals surface area (Å²) in [6, 6.07) is 15.8. The summed E-state index contributed by atoms with van der Waals surface area (Å²) < 4.78 is 6.76. The number of amides is 1. The zero-order chi connectivity index (χ0) is 17.6. The molecule has 0 atom stereocenters. The lowest BCUT2D eigenvalue weighted by Crippen LogP contribution is -2.21. The Bertz CT molecular complexity index is 941. The van der Waals surface area contributed by atoms with E-state index in [0.717, 1.165) is 0 Å². The standard InChI is InChI=1S/C19H16N2O3S/c1-24-16-9-7-15(8-10-16)18(23)20-19-21(11-12-25-19)13-17(22)14-5-3-2-4-6-14/h2-12H,13H2,1H3. The van der Waals surface area contributed by atoms with Gasteiger partial charge in [0, 0.05) is 22.7 Å². The van der Waals surface area contributed by atoms with Crippen LogP contribution in [0.5, 0.6) is 5.75 Å². The molecular formula is C19H16N2O3S. The third kappa shape index (κ3) is 4.10. The molecule has 3 rings (SSSR count). The van der Waals surface area contributed by atoms with Crippen LogP contribution in [0, 0.1) is 0 Å². The van der Waals surface area contributed by atoms with E-state index in [1.807, 2.05) is 18.2 Å². The predicted molar refractivity (Wildman–Crippen MR) is 96.0 cm³/mol. The lowest BCUT2D eigenvalue weighted by Gasteiger charge is -2.03. The van der Waals surface area contributed by atoms with Crippen molar-refractivity contribution in [2.75, 3.05) is 7.11 Å². The molecule has 2 aromatic carbocycles. The number of nitrogens with zero attached hydrogens (tertiary/aromatic N) is 2. The van der Waals surface area contributed by atoms with E-state index in [9.17, 15) is 9.59 Å². The SMILES string of the molecule is COc1ccc(C(=O)N=c2sccn2CC(=O)c2ccccc2)cc1. The number of rotatable bonds is 5. The molecule has 1 aromatic heterocycles. The first-order valence-corrected chi connectivity index (χ1v) is 8.50. The van der Waals surface area contributed by atoms with Crippen LogP contribution in [0.1, 0.15) is 20.7 Å². The molecule has 5 nitrogen and oxygen atoms in total. The van der Waals surface area contributed by atoms with E-state index in [1.54, 1.807) is 59.7 Å². The van der Waals surface area contributed by atoms with Crippen LogP contribution in [0.15, 0.2) is 71.2 Å². The molecule has 0 aliphatic rings. The van der Waals surface area contributed by atoms with Gasteiger partial charge in [0.25, 0.3) is 5.91 Å². The van der Waals surface area contributed by atoms with Crippen LogP contribution in [-0.4, -0.2) is 23.4 Å². The molecule has 126 valence electrons. The van der Waals surface area contributed by atoms with E-state index in [4.69, 9.17) is 4.74 Å². The first kappa shape index (κ1) is 16.9. The van der Waals surface area contributed by atoms with Gasteiger partial charge < -0.3 is 9.30 Å². The van der Waals surface area contributed by atoms with Gasteiger partial charge in [-0.3, -0.25) is 9.59 Å². The minimum atomic E-state index is -0.356. The van der Waals surface area contributed by atoms with Gasteiger partial charge in [-0.25, -0.2) is 0 Å². The fourth-order valence-electron chi connectivity index (χ4n) is 2.26. The highest BCUT2D eigenvalue weighted by atomic mass is 32.1. The summed E-state index contributed by atoms with van der Waals surface area (Å²) in [6.07, 6.45) is 1.76. The molecule has 3 aromatic rings. The van der Waals surface area contributed by atoms with E-state index in [0.29, 0.717) is 21.7 Å². The highest BCUT2D eigenvalue weighted by molar-refractivity contribution is 7.07. The molecule has 0 radical (unpaired) electrons. The molecule has 0 spiro atoms. The van der Waals surface area contributed by atoms with Crippen molar-refractivity contribution in [1.82, 2.24) is 4.57 Å². The second kappa shape index (κ2) is 7.72. The molecule has 25 heavy (non-hydrogen) atoms. The summed E-state index contributed by atoms with van der Waals surface area (Å²) in [5.41, 5.74) is 1.10. The number of ketones is 1. The van der Waals surface area contributed by atoms with Crippen LogP contribution in [-0.2, 0) is 6.54 Å². The van der Waals surface area contributed by atoms with Gasteiger partial charge in [0.2, 0.25) is 0 Å². The Balaban J connectivity index is 1.81. The molecule has 0 fully saturated rings. The fourth-order valence-corrected chi connectivity index (χ4v) is 2.99. The van der Waals surface area contributed by atoms with Crippen molar-refractivity contribution in [3.05, 3.63) is 82.1 Å². The highest BCUT2D eigenvalue weighted by Gasteiger charge is 2.09. The number of carbonyl (C=O) groups is 2. The number of Topliss-reactive ketones (excluding diaryl/α,β-unsaturated/α-hetero) is 1. The Morgan fingerprint density at radius 2 is 1.76 bits per heavy atom. The molecule has 0 N–H and O–H groups in total. The Morgan fingerprint density at radius 3 is 2.44 bits per heavy atom. The number of ether oxygens (including phenoxy) is 1. The Morgan fingerprint density at radius 1 is 1.04 bits per heavy atom. The van der Waals surface area contributed by atoms with Gasteiger partial charge in [-0.2, -0.15) is 4.99 Å². The van der Waals surface area contributed by atoms with Crippen LogP contribution in [0.25, 0.3) is 0 Å². The summed E-state index contributed by atoms with van der Waals surface area (Å²) in [6.45, 7) is 0.141. The average Bonchev–Trinajstić information content (AvgIpc) is 3.09. The normalized spacial score (nSPS) is 11.3. The maximum atomic E-state index is 12.3. The Kier molecular flexibility index (Phi) is 5.20. The summed E-state index contributed by atoms with van der Waals surface area (Å²) in [4.78, 5) is 29.3. The van der Waals surface area contributed by atoms with Gasteiger partial charge in [0.05, 0.1) is 13.7 Å². The molecule has 0 saturated carbocycles. The Labute approximate surface area is 148 Å². The molecule has 0 bridgehead atoms. The van der Waals surface area contributed by atoms with Crippen molar-refractivity contribution in [1.29, 1.82) is 0 Å². The van der Waals surface area contributed by atoms with Crippen LogP contribution in [0.2, 0.25) is 0 Å². The van der Waals surface area contributed by atoms with Crippen molar-refractivity contribution in [3.63, 3.8) is 0 Å². The Hall–Kier alpha value is -2.99. The highest BCUT2D eigenvalue weighted by Crippen LogP contribution is 2.12. The smallest absolute Gasteiger partial charge is 0.279 e. The maximum Gasteiger partial charge on any atom is 0.279 e. The number of benzene rings is 2. The zero-order valence-electron chi connectivity index (χ0n) is 13.6. The van der Waals surface area contributed by atoms with Crippen LogP contribution >= 0.6 is 11.3 Å². The molecule has 0 unspecified atom stereocenters. The molecule has 0 aliphatic heterocycles. The van der Waals surface area contributed by atoms with Gasteiger partial charge >= 0.3 is 0 Å². The van der Waals surface area contributed by atoms with E-state index in [-0.39, 0.29) is 18.2 Å². The monoisotopic (exact) mass is 352 g/mol. The fraction of sp³-hybridized carbons (Fsp3) is 0.105. The van der Waals surface area contributed by atoms with Crippen LogP contribution in [0.3, 0.4) is 0 Å². The lowest BCUT2D eigenvalue weighted by atomic mass is 10.1. The summed E-state index contributed by atoms with van der Waals surface area (Å²) in [5, 5.41) is 1.80. The quantitative estimate of drug-likeness (QED) is 0.663. The van der Waals surface area contributed by atoms with Crippen molar-refractivity contribution in [2.24, 2.45) is 4.99 Å². The first-order chi connectivity index (χ1) is 12.2. The van der Waals surface area contributed by atoms with Crippen molar-refractivity contribution in [3.8, 4) is 5.75 Å². The van der Waals surface area contributed by atoms with Gasteiger partial charge in [0.15, 0.2) is 10.6 Å². The van der Waals surface area contributed by atoms with Crippen molar-refractivity contribution in [2.45, 2.75) is 6.54 Å². The summed E-state index contributed by atoms with van der Waals surface area (Å²) >= 11 is 1.32. The third-order valence-electron chi connectivity index (χ3n) is 3.60. The van der Waals surface area contributed by atoms with E-state index < -0.39 is 0 Å². The molecule has 6 heteroatoms. The average molecular weight is 352 g/mol. The first-order valence-electron chi connectivity index (χ1n) is 7.62. The van der Waals surface area contributed by atoms with Crippen molar-refractivity contribution < 1.29 is 14.3 Å². The third-order valence-corrected chi connectivity index (χ3v) is 4.40. The van der Waals surface area contributed by atoms with E-state index >= 15 is 0 Å². The van der Waals surface area contributed by atoms with Crippen LogP contribution in [0.4, 0.5) is 0 Å². The number of aromatic nitrogens is 1. The maximum absolute atomic E-state index is 12.3. The summed E-state index contributed by atoms with van der Waals surface area (Å²) in [5.74, 6) is 0.291. The van der Waals surface area contributed by atoms with Gasteiger partial charge in [0.1, 0.15) is 5.75 Å². The predicted octanol–water partition coefficient (Wildman–Crippen LogP) is 3.18. The molecule has 0 saturated heterocycles. The van der Waals surface area contributed by atoms with E-state index in [2.05, 4.69) is 4.99 Å². The molecule has 0 aliphatic carbocycles. The van der Waals surface area contributed by atoms with Gasteiger partial charge in [-0.05, 0) is 24.3 Å². The number of methoxy groups -OCH3 is 1. The molecular weight excluding hydrogens is 336 g/mol. The minimum Gasteiger partial charge on any atom is -0.497 e. The minimum absolute atomic E-state index is 0.0302. The second-order valence-electron chi connectivity index (χ2n) is 5.25. The van der Waals surface area contributed by atoms with Crippen LogP contribution < -0.4 is 9.54 Å². The number of thiazole rings is 1. The number of carbonyl (C=O) groups excluding carboxylic acids is 2. The van der Waals surface area contributed by atoms with Gasteiger partial charge in [-0.1, -0.05) is 30.3 Å². The topological polar surface area (TPSA) is 60.7 Å².